The number of nitrogens with one attached hydrogen (secondary N) is 1. The van der Waals surface area contributed by atoms with Gasteiger partial charge in [-0.3, -0.25) is 0 Å². The number of aryl methyl sites for hydroxylation is 1. The number of urea groups is 1. The predicted octanol–water partition coefficient (Wildman–Crippen LogP) is 1.39. The van der Waals surface area contributed by atoms with Crippen molar-refractivity contribution in [3.05, 3.63) is 33.5 Å². The fraction of sp³-hybridized carbons (Fsp3) is 0.429. The number of nitrogens with zero attached hydrogens (tertiary/aromatic N) is 3. The van der Waals surface area contributed by atoms with E-state index in [1.54, 1.807) is 16.7 Å². The molecule has 0 saturated carbocycles. The number of alkyl halides is 1. The normalized spacial score (nSPS) is 10.6. The van der Waals surface area contributed by atoms with E-state index in [1.807, 2.05) is 12.1 Å². The molecule has 2 amide bonds. The maximum atomic E-state index is 12.4. The minimum atomic E-state index is -0.586. The maximum absolute atomic E-state index is 12.4. The van der Waals surface area contributed by atoms with E-state index in [2.05, 4.69) is 10.6 Å². The molecule has 130 valence electrons. The molecule has 0 bridgehead atoms. The van der Waals surface area contributed by atoms with E-state index in [9.17, 15) is 14.5 Å². The van der Waals surface area contributed by atoms with Crippen LogP contribution in [0, 0.1) is 4.91 Å². The summed E-state index contributed by atoms with van der Waals surface area (Å²) in [6, 6.07) is 4.92. The zero-order chi connectivity index (χ0) is 17.5. The van der Waals surface area contributed by atoms with Crippen LogP contribution in [-0.2, 0) is 6.54 Å². The summed E-state index contributed by atoms with van der Waals surface area (Å²) in [6.45, 7) is 0.925. The Kier molecular flexibility index (Phi) is 6.84. The molecule has 1 heterocycles. The van der Waals surface area contributed by atoms with Crippen LogP contribution in [0.1, 0.15) is 6.42 Å². The molecule has 8 nitrogen and oxygen atoms in total. The Morgan fingerprint density at radius 2 is 2.29 bits per heavy atom. The van der Waals surface area contributed by atoms with Crippen molar-refractivity contribution in [3.63, 3.8) is 0 Å². The number of aromatic nitrogens is 1. The first-order chi connectivity index (χ1) is 11.6. The molecule has 0 aliphatic rings. The molecule has 1 aromatic carbocycles. The number of ether oxygens (including phenoxy) is 1. The summed E-state index contributed by atoms with van der Waals surface area (Å²) < 4.78 is 7.94. The number of nitroso groups, excluding NO2 is 1. The summed E-state index contributed by atoms with van der Waals surface area (Å²) in [4.78, 5) is 34.5. The molecule has 0 unspecified atom stereocenters. The third-order valence-corrected chi connectivity index (χ3v) is 5.82. The van der Waals surface area contributed by atoms with Gasteiger partial charge in [-0.1, -0.05) is 0 Å². The van der Waals surface area contributed by atoms with Gasteiger partial charge >= 0.3 is 149 Å². The van der Waals surface area contributed by atoms with E-state index in [1.165, 1.54) is 0 Å². The molecule has 0 aliphatic heterocycles. The average Bonchev–Trinajstić information content (AvgIpc) is 2.91. The quantitative estimate of drug-likeness (QED) is 0.230. The topological polar surface area (TPSA) is 93.0 Å². The third-order valence-electron chi connectivity index (χ3n) is 3.30. The second kappa shape index (κ2) is 8.86. The van der Waals surface area contributed by atoms with E-state index >= 15 is 0 Å². The van der Waals surface area contributed by atoms with Gasteiger partial charge in [-0.2, -0.15) is 0 Å². The molecule has 2 rings (SSSR count). The number of amides is 2. The summed E-state index contributed by atoms with van der Waals surface area (Å²) in [7, 11) is 1.56. The van der Waals surface area contributed by atoms with Gasteiger partial charge < -0.3 is 0 Å². The molecule has 0 aliphatic carbocycles. The van der Waals surface area contributed by atoms with Crippen molar-refractivity contribution in [3.8, 4) is 5.75 Å². The van der Waals surface area contributed by atoms with Crippen molar-refractivity contribution in [2.24, 2.45) is 5.29 Å². The summed E-state index contributed by atoms with van der Waals surface area (Å²) in [5.41, 5.74) is -0.0199. The molecule has 0 saturated heterocycles. The van der Waals surface area contributed by atoms with Crippen molar-refractivity contribution in [1.82, 2.24) is 13.9 Å². The molecule has 10 heteroatoms. The van der Waals surface area contributed by atoms with Crippen LogP contribution in [0.4, 0.5) is 4.79 Å². The summed E-state index contributed by atoms with van der Waals surface area (Å²) in [6.07, 6.45) is 0.581. The van der Waals surface area contributed by atoms with Crippen LogP contribution >= 0.6 is 11.6 Å². The van der Waals surface area contributed by atoms with Crippen molar-refractivity contribution >= 4 is 42.0 Å². The van der Waals surface area contributed by atoms with Gasteiger partial charge in [0.1, 0.15) is 0 Å². The first-order valence-electron chi connectivity index (χ1n) is 7.23. The van der Waals surface area contributed by atoms with Gasteiger partial charge in [0, 0.05) is 0 Å². The van der Waals surface area contributed by atoms with E-state index in [4.69, 9.17) is 16.3 Å². The summed E-state index contributed by atoms with van der Waals surface area (Å²) >= 11 is 5.41. The second-order valence-electron chi connectivity index (χ2n) is 4.84. The van der Waals surface area contributed by atoms with Crippen molar-refractivity contribution in [2.45, 2.75) is 13.0 Å². The van der Waals surface area contributed by atoms with E-state index in [0.29, 0.717) is 30.6 Å². The van der Waals surface area contributed by atoms with Crippen LogP contribution in [0.15, 0.2) is 28.3 Å². The monoisotopic (exact) mass is 420 g/mol. The fourth-order valence-corrected chi connectivity index (χ4v) is 4.38. The Morgan fingerprint density at radius 1 is 1.50 bits per heavy atom. The van der Waals surface area contributed by atoms with Crippen LogP contribution in [0.25, 0.3) is 9.65 Å². The third kappa shape index (κ3) is 4.37. The Labute approximate surface area is 149 Å². The number of hydrogen-bond donors (Lipinski definition) is 1. The number of halogens is 1. The van der Waals surface area contributed by atoms with Crippen LogP contribution in [0.2, 0.25) is 0 Å². The van der Waals surface area contributed by atoms with Gasteiger partial charge in [-0.15, -0.1) is 0 Å². The number of hydrogen-bond acceptors (Lipinski definition) is 5. The minimum absolute atomic E-state index is 0.0199. The van der Waals surface area contributed by atoms with Crippen LogP contribution in [-0.4, -0.2) is 55.4 Å². The molecule has 2 aromatic rings. The zero-order valence-corrected chi connectivity index (χ0v) is 15.5. The van der Waals surface area contributed by atoms with Gasteiger partial charge in [0.25, 0.3) is 0 Å². The molecule has 24 heavy (non-hydrogen) atoms. The van der Waals surface area contributed by atoms with Crippen LogP contribution in [0.5, 0.6) is 5.75 Å². The van der Waals surface area contributed by atoms with E-state index < -0.39 is 6.03 Å². The van der Waals surface area contributed by atoms with Crippen LogP contribution in [0.3, 0.4) is 0 Å². The Hall–Kier alpha value is -1.83. The number of methoxy groups -OCH3 is 1. The second-order valence-corrected chi connectivity index (χ2v) is 7.45. The van der Waals surface area contributed by atoms with Crippen molar-refractivity contribution in [1.29, 1.82) is 0 Å². The molecule has 1 aromatic heterocycles. The number of carbonyl (C=O) groups excluding carboxylic acids is 1. The first kappa shape index (κ1) is 18.5. The SMILES string of the molecule is COc1ccc2[se]n(CCCNC(=O)N(CCCl)N=O)c(=O)c2c1. The summed E-state index contributed by atoms with van der Waals surface area (Å²) in [5.74, 6) is 0.791. The first-order valence-corrected chi connectivity index (χ1v) is 9.39. The standard InChI is InChI=1S/C14H17ClN4O4Se/c1-23-10-3-4-12-11(9-10)13(20)19(24-12)7-2-6-16-14(21)18(17-22)8-5-15/h3-4,9H,2,5-8H2,1H3,(H,16,21). The van der Waals surface area contributed by atoms with Crippen molar-refractivity contribution < 1.29 is 9.53 Å². The Bertz CT molecular complexity index is 776. The van der Waals surface area contributed by atoms with Gasteiger partial charge in [-0.25, -0.2) is 0 Å². The molecule has 0 fully saturated rings. The molecular weight excluding hydrogens is 403 g/mol. The number of rotatable bonds is 8. The molecule has 0 spiro atoms. The van der Waals surface area contributed by atoms with Gasteiger partial charge in [-0.05, 0) is 0 Å². The number of fused-ring (bicyclic) bond motifs is 1. The molecular formula is C14H17ClN4O4Se. The Balaban J connectivity index is 1.92. The van der Waals surface area contributed by atoms with E-state index in [0.717, 1.165) is 9.27 Å². The predicted molar refractivity (Wildman–Crippen MR) is 92.9 cm³/mol. The van der Waals surface area contributed by atoms with Crippen LogP contribution < -0.4 is 15.6 Å². The van der Waals surface area contributed by atoms with Gasteiger partial charge in [0.2, 0.25) is 0 Å². The number of benzene rings is 1. The average molecular weight is 420 g/mol. The number of carbonyl (C=O) groups is 1. The van der Waals surface area contributed by atoms with E-state index in [-0.39, 0.29) is 32.7 Å². The van der Waals surface area contributed by atoms with Gasteiger partial charge in [0.05, 0.1) is 0 Å². The van der Waals surface area contributed by atoms with Gasteiger partial charge in [0.15, 0.2) is 0 Å². The Morgan fingerprint density at radius 3 is 2.96 bits per heavy atom. The molecule has 0 radical (unpaired) electrons. The van der Waals surface area contributed by atoms with Crippen molar-refractivity contribution in [2.75, 3.05) is 26.1 Å². The fourth-order valence-electron chi connectivity index (χ4n) is 2.09. The zero-order valence-electron chi connectivity index (χ0n) is 13.0. The summed E-state index contributed by atoms with van der Waals surface area (Å²) in [5, 5.41) is 6.60. The molecule has 0 atom stereocenters. The molecule has 1 N–H and O–H groups in total.